The SMILES string of the molecule is Cc1cc2c(c(Oc3ccccn3)n1)c(=O)cc(NC1=CCCC=C1)n2-c1ccccc1. The molecule has 0 saturated heterocycles. The van der Waals surface area contributed by atoms with Gasteiger partial charge in [-0.25, -0.2) is 9.97 Å². The molecule has 1 aromatic carbocycles. The topological polar surface area (TPSA) is 69.0 Å². The highest BCUT2D eigenvalue weighted by molar-refractivity contribution is 5.88. The van der Waals surface area contributed by atoms with Crippen molar-refractivity contribution < 1.29 is 4.74 Å². The maximum absolute atomic E-state index is 13.3. The summed E-state index contributed by atoms with van der Waals surface area (Å²) in [4.78, 5) is 22.1. The summed E-state index contributed by atoms with van der Waals surface area (Å²) in [6, 6.07) is 18.8. The van der Waals surface area contributed by atoms with E-state index in [9.17, 15) is 4.79 Å². The first-order chi connectivity index (χ1) is 15.7. The number of rotatable bonds is 5. The Labute approximate surface area is 185 Å². The number of benzene rings is 1. The molecule has 0 amide bonds. The minimum absolute atomic E-state index is 0.173. The van der Waals surface area contributed by atoms with E-state index in [0.717, 1.165) is 29.9 Å². The summed E-state index contributed by atoms with van der Waals surface area (Å²) in [6.07, 6.45) is 9.93. The first-order valence-corrected chi connectivity index (χ1v) is 10.5. The minimum Gasteiger partial charge on any atom is -0.420 e. The fourth-order valence-electron chi connectivity index (χ4n) is 3.81. The van der Waals surface area contributed by atoms with Crippen LogP contribution in [0.25, 0.3) is 16.6 Å². The third-order valence-electron chi connectivity index (χ3n) is 5.21. The van der Waals surface area contributed by atoms with Crippen LogP contribution in [0.3, 0.4) is 0 Å². The number of anilines is 1. The highest BCUT2D eigenvalue weighted by Crippen LogP contribution is 2.30. The Bertz CT molecular complexity index is 1390. The quantitative estimate of drug-likeness (QED) is 0.458. The Kier molecular flexibility index (Phi) is 5.25. The summed E-state index contributed by atoms with van der Waals surface area (Å²) in [6.45, 7) is 1.89. The number of allylic oxidation sites excluding steroid dienone is 3. The average molecular weight is 422 g/mol. The lowest BCUT2D eigenvalue weighted by Crippen LogP contribution is -2.15. The van der Waals surface area contributed by atoms with Crippen LogP contribution in [0.5, 0.6) is 11.8 Å². The maximum atomic E-state index is 13.3. The van der Waals surface area contributed by atoms with Crippen LogP contribution in [0, 0.1) is 6.92 Å². The van der Waals surface area contributed by atoms with E-state index in [0.29, 0.717) is 22.6 Å². The Morgan fingerprint density at radius 1 is 1.03 bits per heavy atom. The van der Waals surface area contributed by atoms with Crippen LogP contribution in [-0.2, 0) is 0 Å². The molecule has 3 aromatic heterocycles. The lowest BCUT2D eigenvalue weighted by Gasteiger charge is -2.20. The average Bonchev–Trinajstić information content (AvgIpc) is 2.81. The number of nitrogens with zero attached hydrogens (tertiary/aromatic N) is 3. The third-order valence-corrected chi connectivity index (χ3v) is 5.21. The van der Waals surface area contributed by atoms with E-state index < -0.39 is 0 Å². The number of pyridine rings is 3. The van der Waals surface area contributed by atoms with E-state index in [4.69, 9.17) is 4.74 Å². The first-order valence-electron chi connectivity index (χ1n) is 10.5. The molecule has 5 rings (SSSR count). The predicted molar refractivity (Wildman–Crippen MR) is 126 cm³/mol. The highest BCUT2D eigenvalue weighted by atomic mass is 16.5. The number of aryl methyl sites for hydroxylation is 1. The molecule has 6 nitrogen and oxygen atoms in total. The Morgan fingerprint density at radius 3 is 2.62 bits per heavy atom. The normalized spacial score (nSPS) is 13.1. The van der Waals surface area contributed by atoms with Crippen LogP contribution in [-0.4, -0.2) is 14.5 Å². The van der Waals surface area contributed by atoms with E-state index in [1.807, 2.05) is 66.1 Å². The second-order valence-electron chi connectivity index (χ2n) is 7.56. The van der Waals surface area contributed by atoms with Crippen molar-refractivity contribution in [1.82, 2.24) is 14.5 Å². The van der Waals surface area contributed by atoms with Crippen LogP contribution in [0.2, 0.25) is 0 Å². The summed E-state index contributed by atoms with van der Waals surface area (Å²) in [5.74, 6) is 1.31. The molecule has 0 atom stereocenters. The molecule has 0 unspecified atom stereocenters. The van der Waals surface area contributed by atoms with Gasteiger partial charge in [0.2, 0.25) is 11.8 Å². The molecule has 3 heterocycles. The van der Waals surface area contributed by atoms with Crippen molar-refractivity contribution in [3.05, 3.63) is 107 Å². The van der Waals surface area contributed by atoms with Crippen molar-refractivity contribution in [2.24, 2.45) is 0 Å². The molecule has 0 spiro atoms. The van der Waals surface area contributed by atoms with Crippen LogP contribution in [0.15, 0.2) is 95.6 Å². The Balaban J connectivity index is 1.76. The third kappa shape index (κ3) is 3.90. The van der Waals surface area contributed by atoms with Gasteiger partial charge in [0.05, 0.1) is 5.52 Å². The number of hydrogen-bond donors (Lipinski definition) is 1. The Hall–Kier alpha value is -4.19. The molecule has 1 aliphatic carbocycles. The largest absolute Gasteiger partial charge is 0.420 e. The van der Waals surface area contributed by atoms with Gasteiger partial charge in [-0.05, 0) is 50.1 Å². The second kappa shape index (κ2) is 8.51. The summed E-state index contributed by atoms with van der Waals surface area (Å²) in [5, 5.41) is 3.84. The summed E-state index contributed by atoms with van der Waals surface area (Å²) < 4.78 is 7.98. The smallest absolute Gasteiger partial charge is 0.234 e. The van der Waals surface area contributed by atoms with Gasteiger partial charge >= 0.3 is 0 Å². The molecule has 32 heavy (non-hydrogen) atoms. The van der Waals surface area contributed by atoms with Crippen molar-refractivity contribution in [2.45, 2.75) is 19.8 Å². The summed E-state index contributed by atoms with van der Waals surface area (Å²) in [5.41, 5.74) is 3.17. The molecular formula is C26H22N4O2. The highest BCUT2D eigenvalue weighted by Gasteiger charge is 2.18. The fourth-order valence-corrected chi connectivity index (χ4v) is 3.81. The Morgan fingerprint density at radius 2 is 1.88 bits per heavy atom. The van der Waals surface area contributed by atoms with E-state index in [1.165, 1.54) is 0 Å². The van der Waals surface area contributed by atoms with Crippen molar-refractivity contribution in [3.8, 4) is 17.4 Å². The fraction of sp³-hybridized carbons (Fsp3) is 0.115. The molecule has 1 aliphatic rings. The lowest BCUT2D eigenvalue weighted by atomic mass is 10.1. The van der Waals surface area contributed by atoms with Gasteiger partial charge in [-0.1, -0.05) is 36.4 Å². The zero-order chi connectivity index (χ0) is 21.9. The molecular weight excluding hydrogens is 400 g/mol. The molecule has 0 fully saturated rings. The van der Waals surface area contributed by atoms with Gasteiger partial charge in [0.15, 0.2) is 5.43 Å². The van der Waals surface area contributed by atoms with E-state index in [1.54, 1.807) is 18.3 Å². The second-order valence-corrected chi connectivity index (χ2v) is 7.56. The van der Waals surface area contributed by atoms with Gasteiger partial charge in [-0.3, -0.25) is 9.36 Å². The van der Waals surface area contributed by atoms with Crippen molar-refractivity contribution in [1.29, 1.82) is 0 Å². The molecule has 0 radical (unpaired) electrons. The lowest BCUT2D eigenvalue weighted by molar-refractivity contribution is 0.449. The molecule has 1 N–H and O–H groups in total. The molecule has 6 heteroatoms. The summed E-state index contributed by atoms with van der Waals surface area (Å²) in [7, 11) is 0. The minimum atomic E-state index is -0.173. The van der Waals surface area contributed by atoms with Crippen LogP contribution < -0.4 is 15.5 Å². The maximum Gasteiger partial charge on any atom is 0.234 e. The van der Waals surface area contributed by atoms with Gasteiger partial charge in [0.25, 0.3) is 0 Å². The summed E-state index contributed by atoms with van der Waals surface area (Å²) >= 11 is 0. The van der Waals surface area contributed by atoms with Crippen molar-refractivity contribution in [3.63, 3.8) is 0 Å². The van der Waals surface area contributed by atoms with Gasteiger partial charge in [0.1, 0.15) is 11.2 Å². The number of para-hydroxylation sites is 1. The first kappa shape index (κ1) is 19.8. The van der Waals surface area contributed by atoms with Crippen LogP contribution in [0.1, 0.15) is 18.5 Å². The molecule has 4 aromatic rings. The number of aromatic nitrogens is 3. The zero-order valence-electron chi connectivity index (χ0n) is 17.7. The number of fused-ring (bicyclic) bond motifs is 1. The van der Waals surface area contributed by atoms with Gasteiger partial charge in [-0.15, -0.1) is 0 Å². The van der Waals surface area contributed by atoms with Crippen LogP contribution in [0.4, 0.5) is 5.82 Å². The standard InChI is InChI=1S/C26H22N4O2/c1-18-16-21-25(26(28-18)32-24-14-8-9-15-27-24)22(31)17-23(29-19-10-4-2-5-11-19)30(21)20-12-6-3-7-13-20/h3-4,6-17,29H,2,5H2,1H3. The van der Waals surface area contributed by atoms with Gasteiger partial charge < -0.3 is 10.1 Å². The number of ether oxygens (including phenoxy) is 1. The predicted octanol–water partition coefficient (Wildman–Crippen LogP) is 5.53. The van der Waals surface area contributed by atoms with Crippen LogP contribution >= 0.6 is 0 Å². The van der Waals surface area contributed by atoms with Gasteiger partial charge in [-0.2, -0.15) is 0 Å². The van der Waals surface area contributed by atoms with E-state index >= 15 is 0 Å². The molecule has 0 saturated carbocycles. The molecule has 0 bridgehead atoms. The van der Waals surface area contributed by atoms with E-state index in [2.05, 4.69) is 27.4 Å². The van der Waals surface area contributed by atoms with E-state index in [-0.39, 0.29) is 11.3 Å². The molecule has 158 valence electrons. The number of hydrogen-bond acceptors (Lipinski definition) is 5. The van der Waals surface area contributed by atoms with Gasteiger partial charge in [0, 0.05) is 35.4 Å². The molecule has 0 aliphatic heterocycles. The monoisotopic (exact) mass is 422 g/mol. The number of nitrogens with one attached hydrogen (secondary N) is 1. The van der Waals surface area contributed by atoms with Crippen molar-refractivity contribution in [2.75, 3.05) is 5.32 Å². The van der Waals surface area contributed by atoms with Crippen molar-refractivity contribution >= 4 is 16.7 Å². The zero-order valence-corrected chi connectivity index (χ0v) is 17.7.